The summed E-state index contributed by atoms with van der Waals surface area (Å²) < 4.78 is 20.7. The van der Waals surface area contributed by atoms with Crippen molar-refractivity contribution in [2.45, 2.75) is 143 Å². The number of hydrogen-bond donors (Lipinski definition) is 4. The largest absolute Gasteiger partial charge is 0.481 e. The maximum Gasteiger partial charge on any atom is 0.436 e. The summed E-state index contributed by atoms with van der Waals surface area (Å²) in [5, 5.41) is 26.8. The van der Waals surface area contributed by atoms with Crippen molar-refractivity contribution in [1.82, 2.24) is 25.7 Å². The minimum Gasteiger partial charge on any atom is -0.481 e. The van der Waals surface area contributed by atoms with Crippen molar-refractivity contribution < 1.29 is 72.4 Å². The van der Waals surface area contributed by atoms with Crippen molar-refractivity contribution in [3.05, 3.63) is 35.9 Å². The molecule has 0 bridgehead atoms. The van der Waals surface area contributed by atoms with Crippen LogP contribution in [0.15, 0.2) is 30.3 Å². The molecule has 1 saturated heterocycles. The van der Waals surface area contributed by atoms with E-state index < -0.39 is 108 Å². The quantitative estimate of drug-likeness (QED) is 0.0717. The van der Waals surface area contributed by atoms with Gasteiger partial charge >= 0.3 is 24.1 Å². The molecule has 1 aliphatic rings. The molecule has 2 rings (SSSR count). The number of hydrogen-bond acceptors (Lipinski definition) is 14. The second kappa shape index (κ2) is 21.6. The number of imide groups is 1. The van der Waals surface area contributed by atoms with Crippen molar-refractivity contribution in [1.29, 1.82) is 0 Å². The van der Waals surface area contributed by atoms with Gasteiger partial charge in [-0.3, -0.25) is 28.8 Å². The van der Waals surface area contributed by atoms with Crippen LogP contribution < -0.4 is 10.6 Å². The second-order valence-electron chi connectivity index (χ2n) is 16.2. The lowest BCUT2D eigenvalue weighted by Gasteiger charge is -2.40. The molecular formula is C39H59N5O15. The SMILES string of the molecule is CCOC(=O)[C@@H]1O[C@H]1C(=O)N(C(=O)OC(C)(C)C)N(C)C(=O)[C@H]([C@@H](C)O)N(OC(C)(C)C)C(=O)[C@H](CCC(=O)O)NC(=O)[C@H](CC(C)C)NC(=O)OCc1ccccc1. The molecule has 1 fully saturated rings. The van der Waals surface area contributed by atoms with E-state index in [0.717, 1.165) is 14.0 Å². The lowest BCUT2D eigenvalue weighted by atomic mass is 10.0. The van der Waals surface area contributed by atoms with Gasteiger partial charge in [0, 0.05) is 13.5 Å². The Morgan fingerprint density at radius 1 is 0.847 bits per heavy atom. The van der Waals surface area contributed by atoms with Gasteiger partial charge in [-0.25, -0.2) is 24.5 Å². The van der Waals surface area contributed by atoms with Gasteiger partial charge in [0.25, 0.3) is 17.7 Å². The lowest BCUT2D eigenvalue weighted by molar-refractivity contribution is -0.254. The van der Waals surface area contributed by atoms with Crippen molar-refractivity contribution in [3.63, 3.8) is 0 Å². The normalized spacial score (nSPS) is 17.0. The first kappa shape index (κ1) is 49.8. The molecule has 4 N–H and O–H groups in total. The molecule has 0 aliphatic carbocycles. The summed E-state index contributed by atoms with van der Waals surface area (Å²) in [6.45, 7) is 15.0. The van der Waals surface area contributed by atoms with Gasteiger partial charge in [-0.1, -0.05) is 44.2 Å². The number of hydroxylamine groups is 2. The molecule has 0 radical (unpaired) electrons. The third-order valence-corrected chi connectivity index (χ3v) is 7.99. The number of nitrogens with zero attached hydrogens (tertiary/aromatic N) is 3. The van der Waals surface area contributed by atoms with Gasteiger partial charge in [0.15, 0.2) is 18.2 Å². The third kappa shape index (κ3) is 16.1. The Bertz CT molecular complexity index is 1660. The van der Waals surface area contributed by atoms with Crippen LogP contribution in [0.25, 0.3) is 0 Å². The fraction of sp³-hybridized carbons (Fsp3) is 0.641. The topological polar surface area (TPSA) is 260 Å². The Balaban J connectivity index is 2.55. The van der Waals surface area contributed by atoms with Crippen LogP contribution in [0.5, 0.6) is 0 Å². The zero-order valence-electron chi connectivity index (χ0n) is 35.5. The predicted octanol–water partition coefficient (Wildman–Crippen LogP) is 2.45. The Morgan fingerprint density at radius 3 is 1.97 bits per heavy atom. The van der Waals surface area contributed by atoms with Crippen LogP contribution in [0.2, 0.25) is 0 Å². The van der Waals surface area contributed by atoms with E-state index in [1.54, 1.807) is 44.2 Å². The number of amides is 6. The Hall–Kier alpha value is -5.34. The fourth-order valence-electron chi connectivity index (χ4n) is 5.38. The number of alkyl carbamates (subject to hydrolysis) is 1. The zero-order chi connectivity index (χ0) is 45.0. The number of aliphatic hydroxyl groups is 1. The number of ether oxygens (including phenoxy) is 4. The molecule has 20 nitrogen and oxygen atoms in total. The van der Waals surface area contributed by atoms with Gasteiger partial charge in [0.2, 0.25) is 5.91 Å². The molecule has 0 saturated carbocycles. The summed E-state index contributed by atoms with van der Waals surface area (Å²) in [4.78, 5) is 113. The number of aliphatic carboxylic acids is 1. The molecule has 6 amide bonds. The molecule has 1 aromatic carbocycles. The molecule has 0 unspecified atom stereocenters. The second-order valence-corrected chi connectivity index (χ2v) is 16.2. The summed E-state index contributed by atoms with van der Waals surface area (Å²) in [5.41, 5.74) is -1.83. The standard InChI is InChI=1S/C39H59N5O15/c1-12-55-35(52)30-29(57-30)34(51)43(37(54)58-38(5,6)7)42(11)33(50)28(23(4)45)44(59-39(8,9)10)32(49)25(18-19-27(46)47)40-31(48)26(20-22(2)3)41-36(53)56-21-24-16-14-13-15-17-24/h13-17,22-23,25-26,28-30,45H,12,18-21H2,1-11H3,(H,40,48)(H,41,53)(H,46,47)/t23-,25+,26+,28+,29-,30-/m1/s1. The van der Waals surface area contributed by atoms with E-state index in [9.17, 15) is 48.6 Å². The molecule has 330 valence electrons. The summed E-state index contributed by atoms with van der Waals surface area (Å²) in [6.07, 6.45) is -8.27. The Morgan fingerprint density at radius 2 is 1.46 bits per heavy atom. The summed E-state index contributed by atoms with van der Waals surface area (Å²) in [7, 11) is 0.962. The Labute approximate surface area is 343 Å². The van der Waals surface area contributed by atoms with E-state index in [-0.39, 0.29) is 30.6 Å². The van der Waals surface area contributed by atoms with E-state index in [0.29, 0.717) is 15.6 Å². The first-order valence-electron chi connectivity index (χ1n) is 19.1. The van der Waals surface area contributed by atoms with Crippen LogP contribution in [0.1, 0.15) is 94.1 Å². The van der Waals surface area contributed by atoms with Crippen LogP contribution in [0.3, 0.4) is 0 Å². The van der Waals surface area contributed by atoms with Gasteiger partial charge in [-0.15, -0.1) is 5.01 Å². The number of benzene rings is 1. The van der Waals surface area contributed by atoms with E-state index in [1.807, 2.05) is 0 Å². The van der Waals surface area contributed by atoms with E-state index in [1.165, 1.54) is 48.5 Å². The number of aliphatic hydroxyl groups excluding tert-OH is 1. The van der Waals surface area contributed by atoms with Crippen LogP contribution in [0.4, 0.5) is 9.59 Å². The number of carbonyl (C=O) groups excluding carboxylic acids is 7. The van der Waals surface area contributed by atoms with Crippen molar-refractivity contribution >= 4 is 47.8 Å². The van der Waals surface area contributed by atoms with Crippen LogP contribution in [0, 0.1) is 5.92 Å². The highest BCUT2D eigenvalue weighted by atomic mass is 16.7. The van der Waals surface area contributed by atoms with Crippen LogP contribution >= 0.6 is 0 Å². The number of likely N-dealkylation sites (N-methyl/N-ethyl adjacent to an activating group) is 1. The maximum atomic E-state index is 14.5. The summed E-state index contributed by atoms with van der Waals surface area (Å²) >= 11 is 0. The van der Waals surface area contributed by atoms with Gasteiger partial charge in [-0.2, -0.15) is 0 Å². The molecule has 0 spiro atoms. The number of carboxylic acid groups (broad SMARTS) is 1. The van der Waals surface area contributed by atoms with E-state index in [4.69, 9.17) is 23.8 Å². The van der Waals surface area contributed by atoms with E-state index >= 15 is 0 Å². The van der Waals surface area contributed by atoms with Gasteiger partial charge in [-0.05, 0) is 79.7 Å². The third-order valence-electron chi connectivity index (χ3n) is 7.99. The highest BCUT2D eigenvalue weighted by Crippen LogP contribution is 2.28. The first-order chi connectivity index (χ1) is 27.3. The number of carbonyl (C=O) groups is 8. The smallest absolute Gasteiger partial charge is 0.436 e. The fourth-order valence-corrected chi connectivity index (χ4v) is 5.38. The molecule has 59 heavy (non-hydrogen) atoms. The van der Waals surface area contributed by atoms with Crippen molar-refractivity contribution in [2.75, 3.05) is 13.7 Å². The molecule has 1 aliphatic heterocycles. The number of carboxylic acids is 1. The number of nitrogens with one attached hydrogen (secondary N) is 2. The minimum atomic E-state index is -2.08. The molecule has 1 aromatic rings. The van der Waals surface area contributed by atoms with Crippen molar-refractivity contribution in [3.8, 4) is 0 Å². The highest BCUT2D eigenvalue weighted by Gasteiger charge is 2.56. The average Bonchev–Trinajstić information content (AvgIpc) is 3.92. The van der Waals surface area contributed by atoms with Crippen LogP contribution in [-0.4, -0.2) is 134 Å². The monoisotopic (exact) mass is 837 g/mol. The molecule has 0 aromatic heterocycles. The highest BCUT2D eigenvalue weighted by molar-refractivity contribution is 6.02. The molecule has 1 heterocycles. The summed E-state index contributed by atoms with van der Waals surface area (Å²) in [6, 6.07) is 3.65. The predicted molar refractivity (Wildman–Crippen MR) is 206 cm³/mol. The van der Waals surface area contributed by atoms with Gasteiger partial charge in [0.05, 0.1) is 18.3 Å². The molecule has 6 atom stereocenters. The number of esters is 1. The maximum absolute atomic E-state index is 14.5. The van der Waals surface area contributed by atoms with E-state index in [2.05, 4.69) is 10.6 Å². The van der Waals surface area contributed by atoms with Gasteiger partial charge in [0.1, 0.15) is 24.3 Å². The molecule has 20 heteroatoms. The van der Waals surface area contributed by atoms with Crippen molar-refractivity contribution in [2.24, 2.45) is 5.92 Å². The first-order valence-corrected chi connectivity index (χ1v) is 19.1. The number of rotatable bonds is 18. The van der Waals surface area contributed by atoms with Crippen LogP contribution in [-0.2, 0) is 59.2 Å². The van der Waals surface area contributed by atoms with Gasteiger partial charge < -0.3 is 39.8 Å². The average molecular weight is 838 g/mol. The number of epoxide rings is 1. The lowest BCUT2D eigenvalue weighted by Crippen LogP contribution is -2.64. The minimum absolute atomic E-state index is 0.0361. The zero-order valence-corrected chi connectivity index (χ0v) is 35.5. The summed E-state index contributed by atoms with van der Waals surface area (Å²) in [5.74, 6) is -7.05. The Kier molecular flexibility index (Phi) is 18.2. The number of hydrazine groups is 1. The molecular weight excluding hydrogens is 778 g/mol.